The number of nitrogens with two attached hydrogens (primary N) is 1. The van der Waals surface area contributed by atoms with E-state index in [1.165, 1.54) is 16.6 Å². The zero-order valence-corrected chi connectivity index (χ0v) is 9.28. The molecule has 4 heteroatoms. The molecule has 0 saturated heterocycles. The highest BCUT2D eigenvalue weighted by molar-refractivity contribution is 5.50. The van der Waals surface area contributed by atoms with Crippen LogP contribution in [0, 0.1) is 11.2 Å². The summed E-state index contributed by atoms with van der Waals surface area (Å²) in [5.41, 5.74) is 2.26. The van der Waals surface area contributed by atoms with Crippen LogP contribution in [0.25, 0.3) is 0 Å². The van der Waals surface area contributed by atoms with Gasteiger partial charge in [-0.05, 0) is 35.6 Å². The normalized spacial score (nSPS) is 22.9. The van der Waals surface area contributed by atoms with E-state index in [4.69, 9.17) is 11.3 Å². The summed E-state index contributed by atoms with van der Waals surface area (Å²) in [5, 5.41) is 8.43. The van der Waals surface area contributed by atoms with Crippen molar-refractivity contribution in [3.63, 3.8) is 0 Å². The zero-order valence-electron chi connectivity index (χ0n) is 9.28. The van der Waals surface area contributed by atoms with Crippen LogP contribution in [0.4, 0.5) is 4.39 Å². The first-order valence-electron chi connectivity index (χ1n) is 5.43. The van der Waals surface area contributed by atoms with Crippen LogP contribution >= 0.6 is 0 Å². The van der Waals surface area contributed by atoms with E-state index in [-0.39, 0.29) is 5.82 Å². The van der Waals surface area contributed by atoms with Gasteiger partial charge in [-0.1, -0.05) is 13.0 Å². The molecular formula is C12H16FN3. The summed E-state index contributed by atoms with van der Waals surface area (Å²) in [5.74, 6) is 6.10. The molecule has 2 atom stereocenters. The molecule has 2 unspecified atom stereocenters. The second kappa shape index (κ2) is 4.22. The Morgan fingerprint density at radius 1 is 1.56 bits per heavy atom. The molecule has 0 radical (unpaired) electrons. The Kier molecular flexibility index (Phi) is 2.92. The topological polar surface area (TPSA) is 53.1 Å². The first-order chi connectivity index (χ1) is 7.61. The monoisotopic (exact) mass is 221 g/mol. The van der Waals surface area contributed by atoms with Gasteiger partial charge in [0.1, 0.15) is 5.82 Å². The lowest BCUT2D eigenvalue weighted by Gasteiger charge is -2.18. The summed E-state index contributed by atoms with van der Waals surface area (Å²) in [7, 11) is 0. The summed E-state index contributed by atoms with van der Waals surface area (Å²) in [6, 6.07) is 4.96. The lowest BCUT2D eigenvalue weighted by molar-refractivity contribution is 0.400. The Morgan fingerprint density at radius 3 is 3.00 bits per heavy atom. The lowest BCUT2D eigenvalue weighted by Crippen LogP contribution is -2.32. The zero-order chi connectivity index (χ0) is 11.7. The van der Waals surface area contributed by atoms with Gasteiger partial charge in [0.05, 0.1) is 6.34 Å². The van der Waals surface area contributed by atoms with Crippen LogP contribution in [0.1, 0.15) is 36.3 Å². The second-order valence-corrected chi connectivity index (χ2v) is 4.43. The predicted octanol–water partition coefficient (Wildman–Crippen LogP) is 2.20. The average Bonchev–Trinajstić information content (AvgIpc) is 2.55. The molecule has 0 aliphatic heterocycles. The van der Waals surface area contributed by atoms with Crippen LogP contribution in [0.5, 0.6) is 0 Å². The molecule has 1 aliphatic rings. The summed E-state index contributed by atoms with van der Waals surface area (Å²) in [4.78, 5) is 0. The second-order valence-electron chi connectivity index (χ2n) is 4.43. The molecule has 2 rings (SSSR count). The standard InChI is InChI=1S/C12H16FN3/c1-8-4-9(6-16(15)7-14)11-3-2-10(13)5-12(8)11/h2-3,5,7-9,14H,4,6,15H2,1H3. The Bertz CT molecular complexity index is 405. The first-order valence-corrected chi connectivity index (χ1v) is 5.43. The van der Waals surface area contributed by atoms with Crippen molar-refractivity contribution in [2.45, 2.75) is 25.2 Å². The van der Waals surface area contributed by atoms with Crippen molar-refractivity contribution in [3.8, 4) is 0 Å². The van der Waals surface area contributed by atoms with E-state index < -0.39 is 0 Å². The smallest absolute Gasteiger partial charge is 0.123 e. The number of rotatable bonds is 3. The fraction of sp³-hybridized carbons (Fsp3) is 0.417. The summed E-state index contributed by atoms with van der Waals surface area (Å²) >= 11 is 0. The highest BCUT2D eigenvalue weighted by Crippen LogP contribution is 2.41. The van der Waals surface area contributed by atoms with E-state index in [0.717, 1.165) is 18.3 Å². The minimum atomic E-state index is -0.178. The quantitative estimate of drug-likeness (QED) is 0.356. The molecule has 0 heterocycles. The number of hydrogen-bond donors (Lipinski definition) is 2. The van der Waals surface area contributed by atoms with E-state index in [0.29, 0.717) is 18.4 Å². The van der Waals surface area contributed by atoms with Gasteiger partial charge in [0.2, 0.25) is 0 Å². The van der Waals surface area contributed by atoms with Gasteiger partial charge < -0.3 is 5.01 Å². The highest BCUT2D eigenvalue weighted by Gasteiger charge is 2.28. The molecule has 86 valence electrons. The fourth-order valence-corrected chi connectivity index (χ4v) is 2.50. The van der Waals surface area contributed by atoms with Crippen LogP contribution in [0.3, 0.4) is 0 Å². The molecule has 1 aromatic carbocycles. The molecule has 1 aliphatic carbocycles. The van der Waals surface area contributed by atoms with Gasteiger partial charge in [0.25, 0.3) is 0 Å². The van der Waals surface area contributed by atoms with E-state index in [1.807, 2.05) is 6.07 Å². The summed E-state index contributed by atoms with van der Waals surface area (Å²) in [6.07, 6.45) is 2.09. The molecule has 0 amide bonds. The maximum absolute atomic E-state index is 13.1. The highest BCUT2D eigenvalue weighted by atomic mass is 19.1. The van der Waals surface area contributed by atoms with E-state index in [2.05, 4.69) is 6.92 Å². The van der Waals surface area contributed by atoms with Gasteiger partial charge in [0, 0.05) is 12.5 Å². The number of halogens is 1. The molecule has 0 fully saturated rings. The Morgan fingerprint density at radius 2 is 2.31 bits per heavy atom. The van der Waals surface area contributed by atoms with Crippen molar-refractivity contribution in [3.05, 3.63) is 35.1 Å². The Labute approximate surface area is 94.5 Å². The lowest BCUT2D eigenvalue weighted by atomic mass is 10.0. The van der Waals surface area contributed by atoms with Crippen LogP contribution in [-0.2, 0) is 0 Å². The number of hydrogen-bond acceptors (Lipinski definition) is 2. The third-order valence-electron chi connectivity index (χ3n) is 3.25. The first kappa shape index (κ1) is 11.1. The van der Waals surface area contributed by atoms with Crippen LogP contribution < -0.4 is 5.84 Å². The minimum absolute atomic E-state index is 0.178. The van der Waals surface area contributed by atoms with Crippen molar-refractivity contribution < 1.29 is 4.39 Å². The number of hydrazine groups is 1. The minimum Gasteiger partial charge on any atom is -0.301 e. The summed E-state index contributed by atoms with van der Waals surface area (Å²) in [6.45, 7) is 2.72. The van der Waals surface area contributed by atoms with Crippen molar-refractivity contribution in [1.29, 1.82) is 5.41 Å². The predicted molar refractivity (Wildman–Crippen MR) is 61.9 cm³/mol. The summed E-state index contributed by atoms with van der Waals surface area (Å²) < 4.78 is 13.1. The van der Waals surface area contributed by atoms with Crippen LogP contribution in [0.15, 0.2) is 18.2 Å². The van der Waals surface area contributed by atoms with Gasteiger partial charge in [-0.2, -0.15) is 0 Å². The molecule has 0 aromatic heterocycles. The number of nitrogens with one attached hydrogen (secondary N) is 1. The SMILES string of the molecule is CC1CC(CN(N)C=N)c2ccc(F)cc21. The van der Waals surface area contributed by atoms with Crippen LogP contribution in [-0.4, -0.2) is 17.9 Å². The van der Waals surface area contributed by atoms with Gasteiger partial charge in [0.15, 0.2) is 0 Å². The van der Waals surface area contributed by atoms with Gasteiger partial charge in [-0.15, -0.1) is 0 Å². The third kappa shape index (κ3) is 1.93. The number of benzene rings is 1. The van der Waals surface area contributed by atoms with E-state index >= 15 is 0 Å². The number of nitrogens with zero attached hydrogens (tertiary/aromatic N) is 1. The van der Waals surface area contributed by atoms with Crippen molar-refractivity contribution >= 4 is 6.34 Å². The van der Waals surface area contributed by atoms with Crippen LogP contribution in [0.2, 0.25) is 0 Å². The Hall–Kier alpha value is -1.42. The molecule has 3 nitrogen and oxygen atoms in total. The molecule has 16 heavy (non-hydrogen) atoms. The van der Waals surface area contributed by atoms with Crippen molar-refractivity contribution in [1.82, 2.24) is 5.01 Å². The fourth-order valence-electron chi connectivity index (χ4n) is 2.50. The maximum atomic E-state index is 13.1. The van der Waals surface area contributed by atoms with E-state index in [1.54, 1.807) is 6.07 Å². The maximum Gasteiger partial charge on any atom is 0.123 e. The van der Waals surface area contributed by atoms with Gasteiger partial charge in [-0.25, -0.2) is 10.2 Å². The molecule has 0 bridgehead atoms. The largest absolute Gasteiger partial charge is 0.301 e. The van der Waals surface area contributed by atoms with Gasteiger partial charge >= 0.3 is 0 Å². The molecule has 0 spiro atoms. The molecule has 0 saturated carbocycles. The average molecular weight is 221 g/mol. The third-order valence-corrected chi connectivity index (χ3v) is 3.25. The molecule has 1 aromatic rings. The van der Waals surface area contributed by atoms with Crippen molar-refractivity contribution in [2.75, 3.05) is 6.54 Å². The van der Waals surface area contributed by atoms with Crippen molar-refractivity contribution in [2.24, 2.45) is 5.84 Å². The molecule has 3 N–H and O–H groups in total. The number of fused-ring (bicyclic) bond motifs is 1. The molecular weight excluding hydrogens is 205 g/mol. The van der Waals surface area contributed by atoms with E-state index in [9.17, 15) is 4.39 Å². The van der Waals surface area contributed by atoms with Gasteiger partial charge in [-0.3, -0.25) is 5.41 Å². The Balaban J connectivity index is 2.25.